The Morgan fingerprint density at radius 3 is 2.14 bits per heavy atom. The number of carbonyl (C=O) groups excluding carboxylic acids is 2. The molecule has 2 aliphatic carbocycles. The predicted octanol–water partition coefficient (Wildman–Crippen LogP) is 3.23. The molecule has 1 saturated carbocycles. The number of carboxylic acid groups (broad SMARTS) is 1. The molecule has 9 nitrogen and oxygen atoms in total. The molecule has 9 heteroatoms. The van der Waals surface area contributed by atoms with E-state index in [0.717, 1.165) is 11.1 Å². The summed E-state index contributed by atoms with van der Waals surface area (Å²) in [5.41, 5.74) is 6.90. The zero-order valence-corrected chi connectivity index (χ0v) is 19.6. The quantitative estimate of drug-likeness (QED) is 0.469. The predicted molar refractivity (Wildman–Crippen MR) is 126 cm³/mol. The molecule has 2 aromatic rings. The molecule has 2 aromatic carbocycles. The Morgan fingerprint density at radius 1 is 0.971 bits per heavy atom. The summed E-state index contributed by atoms with van der Waals surface area (Å²) in [5.74, 6) is -1.90. The molecule has 2 aliphatic rings. The van der Waals surface area contributed by atoms with Crippen LogP contribution in [0.25, 0.3) is 11.1 Å². The molecule has 186 valence electrons. The maximum absolute atomic E-state index is 12.5. The van der Waals surface area contributed by atoms with Gasteiger partial charge >= 0.3 is 12.1 Å². The molecule has 1 fully saturated rings. The largest absolute Gasteiger partial charge is 0.479 e. The van der Waals surface area contributed by atoms with Crippen molar-refractivity contribution in [2.24, 2.45) is 5.92 Å². The minimum Gasteiger partial charge on any atom is -0.479 e. The van der Waals surface area contributed by atoms with E-state index in [1.54, 1.807) is 0 Å². The molecule has 2 amide bonds. The summed E-state index contributed by atoms with van der Waals surface area (Å²) in [6.45, 7) is 0.0770. The standard InChI is InChI=1S/C26H30N2O7/c1-33-15-23(25(30)31)35-28-24(29)16-10-12-17(13-11-16)27-26(32)34-14-22-20-8-4-2-6-18(20)19-7-3-5-9-21(19)22/h2-9,16-17,22-23H,10-15H2,1H3,(H,27,32)(H,28,29)(H,30,31). The van der Waals surface area contributed by atoms with Crippen molar-refractivity contribution in [3.8, 4) is 11.1 Å². The number of carboxylic acids is 1. The average Bonchev–Trinajstić information content (AvgIpc) is 3.19. The maximum Gasteiger partial charge on any atom is 0.407 e. The number of carbonyl (C=O) groups is 3. The van der Waals surface area contributed by atoms with E-state index in [2.05, 4.69) is 35.1 Å². The van der Waals surface area contributed by atoms with Crippen LogP contribution in [-0.2, 0) is 23.9 Å². The van der Waals surface area contributed by atoms with E-state index in [-0.39, 0.29) is 37.0 Å². The van der Waals surface area contributed by atoms with Crippen molar-refractivity contribution in [1.29, 1.82) is 0 Å². The summed E-state index contributed by atoms with van der Waals surface area (Å²) in [6, 6.07) is 16.3. The van der Waals surface area contributed by atoms with Crippen LogP contribution >= 0.6 is 0 Å². The van der Waals surface area contributed by atoms with Crippen molar-refractivity contribution < 1.29 is 33.8 Å². The minimum absolute atomic E-state index is 0.000295. The molecule has 0 spiro atoms. The lowest BCUT2D eigenvalue weighted by atomic mass is 9.85. The normalized spacial score (nSPS) is 19.8. The van der Waals surface area contributed by atoms with E-state index in [4.69, 9.17) is 19.4 Å². The van der Waals surface area contributed by atoms with Crippen molar-refractivity contribution in [3.05, 3.63) is 59.7 Å². The fourth-order valence-corrected chi connectivity index (χ4v) is 4.83. The molecular weight excluding hydrogens is 452 g/mol. The highest BCUT2D eigenvalue weighted by Gasteiger charge is 2.31. The van der Waals surface area contributed by atoms with Gasteiger partial charge in [-0.05, 0) is 47.9 Å². The Kier molecular flexibility index (Phi) is 7.99. The Bertz CT molecular complexity index is 1020. The van der Waals surface area contributed by atoms with Crippen molar-refractivity contribution in [3.63, 3.8) is 0 Å². The molecule has 0 radical (unpaired) electrons. The zero-order valence-electron chi connectivity index (χ0n) is 19.6. The number of ether oxygens (including phenoxy) is 2. The first kappa shape index (κ1) is 24.7. The van der Waals surface area contributed by atoms with Crippen LogP contribution in [0.2, 0.25) is 0 Å². The Hall–Kier alpha value is -3.43. The molecule has 1 atom stereocenters. The third-order valence-electron chi connectivity index (χ3n) is 6.66. The summed E-state index contributed by atoms with van der Waals surface area (Å²) in [7, 11) is 1.35. The smallest absolute Gasteiger partial charge is 0.407 e. The Balaban J connectivity index is 1.22. The van der Waals surface area contributed by atoms with Gasteiger partial charge in [-0.3, -0.25) is 9.63 Å². The molecule has 1 unspecified atom stereocenters. The van der Waals surface area contributed by atoms with Crippen LogP contribution < -0.4 is 10.8 Å². The van der Waals surface area contributed by atoms with Crippen molar-refractivity contribution in [2.75, 3.05) is 20.3 Å². The lowest BCUT2D eigenvalue weighted by molar-refractivity contribution is -0.166. The van der Waals surface area contributed by atoms with Crippen LogP contribution in [0, 0.1) is 5.92 Å². The number of hydroxylamine groups is 1. The summed E-state index contributed by atoms with van der Waals surface area (Å²) in [6.07, 6.45) is 0.588. The van der Waals surface area contributed by atoms with E-state index < -0.39 is 18.2 Å². The van der Waals surface area contributed by atoms with E-state index >= 15 is 0 Å². The van der Waals surface area contributed by atoms with Gasteiger partial charge in [0.1, 0.15) is 6.61 Å². The highest BCUT2D eigenvalue weighted by atomic mass is 16.7. The topological polar surface area (TPSA) is 123 Å². The average molecular weight is 483 g/mol. The minimum atomic E-state index is -1.27. The fraction of sp³-hybridized carbons (Fsp3) is 0.423. The monoisotopic (exact) mass is 482 g/mol. The Labute approximate surface area is 203 Å². The molecular formula is C26H30N2O7. The lowest BCUT2D eigenvalue weighted by Crippen LogP contribution is -2.43. The van der Waals surface area contributed by atoms with Crippen LogP contribution in [0.3, 0.4) is 0 Å². The number of aliphatic carboxylic acids is 1. The molecule has 3 N–H and O–H groups in total. The first-order valence-corrected chi connectivity index (χ1v) is 11.8. The maximum atomic E-state index is 12.5. The van der Waals surface area contributed by atoms with E-state index in [1.165, 1.54) is 18.2 Å². The lowest BCUT2D eigenvalue weighted by Gasteiger charge is -2.28. The number of amides is 2. The summed E-state index contributed by atoms with van der Waals surface area (Å²) >= 11 is 0. The van der Waals surface area contributed by atoms with Crippen LogP contribution in [-0.4, -0.2) is 55.5 Å². The van der Waals surface area contributed by atoms with Crippen molar-refractivity contribution in [2.45, 2.75) is 43.7 Å². The number of alkyl carbamates (subject to hydrolysis) is 1. The number of fused-ring (bicyclic) bond motifs is 3. The number of hydrogen-bond acceptors (Lipinski definition) is 6. The second-order valence-corrected chi connectivity index (χ2v) is 8.88. The van der Waals surface area contributed by atoms with E-state index in [9.17, 15) is 14.4 Å². The number of rotatable bonds is 9. The van der Waals surface area contributed by atoms with Gasteiger partial charge in [0.25, 0.3) is 0 Å². The third kappa shape index (κ3) is 5.80. The van der Waals surface area contributed by atoms with Crippen LogP contribution in [0.1, 0.15) is 42.7 Å². The van der Waals surface area contributed by atoms with Gasteiger partial charge in [0, 0.05) is 25.0 Å². The van der Waals surface area contributed by atoms with Gasteiger partial charge in [-0.1, -0.05) is 48.5 Å². The first-order chi connectivity index (χ1) is 17.0. The van der Waals surface area contributed by atoms with Crippen molar-refractivity contribution >= 4 is 18.0 Å². The Morgan fingerprint density at radius 2 is 1.57 bits per heavy atom. The molecule has 0 saturated heterocycles. The number of hydrogen-bond donors (Lipinski definition) is 3. The highest BCUT2D eigenvalue weighted by molar-refractivity contribution is 5.79. The van der Waals surface area contributed by atoms with Gasteiger partial charge in [-0.25, -0.2) is 15.1 Å². The first-order valence-electron chi connectivity index (χ1n) is 11.8. The highest BCUT2D eigenvalue weighted by Crippen LogP contribution is 2.44. The molecule has 4 rings (SSSR count). The van der Waals surface area contributed by atoms with Crippen LogP contribution in [0.4, 0.5) is 4.79 Å². The molecule has 35 heavy (non-hydrogen) atoms. The summed E-state index contributed by atoms with van der Waals surface area (Å²) in [5, 5.41) is 12.0. The van der Waals surface area contributed by atoms with E-state index in [1.807, 2.05) is 24.3 Å². The van der Waals surface area contributed by atoms with Gasteiger partial charge in [0.15, 0.2) is 0 Å². The molecule has 0 heterocycles. The van der Waals surface area contributed by atoms with Crippen molar-refractivity contribution in [1.82, 2.24) is 10.8 Å². The van der Waals surface area contributed by atoms with Gasteiger partial charge in [-0.2, -0.15) is 0 Å². The van der Waals surface area contributed by atoms with Crippen LogP contribution in [0.5, 0.6) is 0 Å². The number of nitrogens with one attached hydrogen (secondary N) is 2. The number of methoxy groups -OCH3 is 1. The third-order valence-corrected chi connectivity index (χ3v) is 6.66. The van der Waals surface area contributed by atoms with Gasteiger partial charge in [0.2, 0.25) is 12.0 Å². The molecule has 0 aliphatic heterocycles. The molecule has 0 aromatic heterocycles. The van der Waals surface area contributed by atoms with Crippen LogP contribution in [0.15, 0.2) is 48.5 Å². The van der Waals surface area contributed by atoms with Gasteiger partial charge in [0.05, 0.1) is 6.61 Å². The summed E-state index contributed by atoms with van der Waals surface area (Å²) in [4.78, 5) is 40.9. The SMILES string of the molecule is COCC(ONC(=O)C1CCC(NC(=O)OCC2c3ccccc3-c3ccccc32)CC1)C(=O)O. The summed E-state index contributed by atoms with van der Waals surface area (Å²) < 4.78 is 10.4. The van der Waals surface area contributed by atoms with Gasteiger partial charge < -0.3 is 19.9 Å². The second-order valence-electron chi connectivity index (χ2n) is 8.88. The second kappa shape index (κ2) is 11.3. The van der Waals surface area contributed by atoms with Gasteiger partial charge in [-0.15, -0.1) is 0 Å². The zero-order chi connectivity index (χ0) is 24.8. The fourth-order valence-electron chi connectivity index (χ4n) is 4.83. The van der Waals surface area contributed by atoms with E-state index in [0.29, 0.717) is 25.7 Å². The molecule has 0 bridgehead atoms. The number of benzene rings is 2.